The van der Waals surface area contributed by atoms with E-state index < -0.39 is 5.82 Å². The summed E-state index contributed by atoms with van der Waals surface area (Å²) in [5.41, 5.74) is 1.07. The van der Waals surface area contributed by atoms with Crippen molar-refractivity contribution in [3.63, 3.8) is 0 Å². The summed E-state index contributed by atoms with van der Waals surface area (Å²) in [6.07, 6.45) is 1.77. The third-order valence-corrected chi connectivity index (χ3v) is 3.66. The van der Waals surface area contributed by atoms with E-state index >= 15 is 0 Å². The minimum Gasteiger partial charge on any atom is -0.338 e. The van der Waals surface area contributed by atoms with Crippen LogP contribution in [0.1, 0.15) is 5.56 Å². The fourth-order valence-corrected chi connectivity index (χ4v) is 2.49. The van der Waals surface area contributed by atoms with Crippen molar-refractivity contribution < 1.29 is 9.18 Å². The number of benzene rings is 2. The lowest BCUT2D eigenvalue weighted by molar-refractivity contribution is -0.116. The van der Waals surface area contributed by atoms with Crippen molar-refractivity contribution in [1.29, 1.82) is 5.26 Å². The van der Waals surface area contributed by atoms with E-state index in [1.54, 1.807) is 22.9 Å². The zero-order valence-corrected chi connectivity index (χ0v) is 12.6. The lowest BCUT2D eigenvalue weighted by atomic mass is 10.2. The number of fused-ring (bicyclic) bond motifs is 1. The van der Waals surface area contributed by atoms with E-state index in [-0.39, 0.29) is 23.7 Å². The largest absolute Gasteiger partial charge is 0.338 e. The number of carbonyl (C=O) groups excluding carboxylic acids is 1. The average molecular weight is 328 g/mol. The van der Waals surface area contributed by atoms with Crippen molar-refractivity contribution in [2.45, 2.75) is 6.54 Å². The monoisotopic (exact) mass is 327 g/mol. The van der Waals surface area contributed by atoms with Crippen LogP contribution in [0.3, 0.4) is 0 Å². The van der Waals surface area contributed by atoms with E-state index in [4.69, 9.17) is 16.9 Å². The molecule has 4 nitrogen and oxygen atoms in total. The van der Waals surface area contributed by atoms with E-state index in [0.717, 1.165) is 17.0 Å². The van der Waals surface area contributed by atoms with E-state index in [1.807, 2.05) is 18.2 Å². The van der Waals surface area contributed by atoms with Crippen LogP contribution in [-0.2, 0) is 11.3 Å². The second-order valence-electron chi connectivity index (χ2n) is 5.00. The van der Waals surface area contributed by atoms with Crippen LogP contribution in [0.2, 0.25) is 5.02 Å². The van der Waals surface area contributed by atoms with E-state index in [1.165, 1.54) is 12.1 Å². The molecule has 2 aromatic carbocycles. The highest BCUT2D eigenvalue weighted by molar-refractivity contribution is 6.31. The van der Waals surface area contributed by atoms with Gasteiger partial charge in [-0.3, -0.25) is 4.79 Å². The zero-order chi connectivity index (χ0) is 16.4. The van der Waals surface area contributed by atoms with Crippen LogP contribution in [-0.4, -0.2) is 10.5 Å². The normalized spacial score (nSPS) is 10.5. The lowest BCUT2D eigenvalue weighted by Crippen LogP contribution is -2.19. The zero-order valence-electron chi connectivity index (χ0n) is 11.9. The molecule has 0 aliphatic carbocycles. The summed E-state index contributed by atoms with van der Waals surface area (Å²) in [6, 6.07) is 13.0. The number of halogens is 2. The second-order valence-corrected chi connectivity index (χ2v) is 5.44. The molecule has 0 spiro atoms. The molecule has 3 aromatic rings. The summed E-state index contributed by atoms with van der Waals surface area (Å²) >= 11 is 5.97. The first-order valence-corrected chi connectivity index (χ1v) is 7.18. The van der Waals surface area contributed by atoms with Crippen molar-refractivity contribution in [3.8, 4) is 6.07 Å². The molecule has 0 saturated heterocycles. The maximum Gasteiger partial charge on any atom is 0.244 e. The van der Waals surface area contributed by atoms with E-state index in [9.17, 15) is 9.18 Å². The van der Waals surface area contributed by atoms with Gasteiger partial charge >= 0.3 is 0 Å². The number of nitrogens with one attached hydrogen (secondary N) is 1. The summed E-state index contributed by atoms with van der Waals surface area (Å²) < 4.78 is 15.5. The highest BCUT2D eigenvalue weighted by atomic mass is 35.5. The third-order valence-electron chi connectivity index (χ3n) is 3.42. The smallest absolute Gasteiger partial charge is 0.244 e. The van der Waals surface area contributed by atoms with Gasteiger partial charge in [0.25, 0.3) is 0 Å². The first kappa shape index (κ1) is 15.1. The number of amides is 1. The van der Waals surface area contributed by atoms with Crippen LogP contribution in [0, 0.1) is 17.1 Å². The maximum absolute atomic E-state index is 13.8. The number of hydrogen-bond acceptors (Lipinski definition) is 2. The SMILES string of the molecule is N#Cc1ccc(NC(=O)Cn2ccc3ccc(Cl)cc32)c(F)c1. The number of carbonyl (C=O) groups is 1. The fourth-order valence-electron chi connectivity index (χ4n) is 2.33. The molecule has 0 aliphatic heterocycles. The molecule has 0 saturated carbocycles. The van der Waals surface area contributed by atoms with Gasteiger partial charge in [0.05, 0.1) is 17.3 Å². The molecule has 0 atom stereocenters. The summed E-state index contributed by atoms with van der Waals surface area (Å²) in [5, 5.41) is 12.8. The Morgan fingerprint density at radius 1 is 1.26 bits per heavy atom. The molecular weight excluding hydrogens is 317 g/mol. The Labute approximate surface area is 136 Å². The van der Waals surface area contributed by atoms with Crippen molar-refractivity contribution in [1.82, 2.24) is 4.57 Å². The predicted octanol–water partition coefficient (Wildman–Crippen LogP) is 3.94. The van der Waals surface area contributed by atoms with Crippen molar-refractivity contribution in [3.05, 3.63) is 65.1 Å². The molecule has 114 valence electrons. The van der Waals surface area contributed by atoms with Crippen LogP contribution in [0.4, 0.5) is 10.1 Å². The molecule has 0 fully saturated rings. The Kier molecular flexibility index (Phi) is 4.00. The average Bonchev–Trinajstić information content (AvgIpc) is 2.91. The standard InChI is InChI=1S/C17H11ClFN3O/c18-13-3-2-12-5-6-22(16(12)8-13)10-17(23)21-15-4-1-11(9-20)7-14(15)19/h1-8H,10H2,(H,21,23). The fraction of sp³-hybridized carbons (Fsp3) is 0.0588. The number of rotatable bonds is 3. The summed E-state index contributed by atoms with van der Waals surface area (Å²) in [7, 11) is 0. The first-order chi connectivity index (χ1) is 11.1. The number of anilines is 1. The van der Waals surface area contributed by atoms with Gasteiger partial charge in [-0.25, -0.2) is 4.39 Å². The highest BCUT2D eigenvalue weighted by Gasteiger charge is 2.10. The van der Waals surface area contributed by atoms with Gasteiger partial charge in [-0.15, -0.1) is 0 Å². The third kappa shape index (κ3) is 3.17. The van der Waals surface area contributed by atoms with E-state index in [2.05, 4.69) is 5.32 Å². The Morgan fingerprint density at radius 2 is 2.09 bits per heavy atom. The predicted molar refractivity (Wildman–Crippen MR) is 86.7 cm³/mol. The van der Waals surface area contributed by atoms with Crippen LogP contribution in [0.15, 0.2) is 48.7 Å². The minimum atomic E-state index is -0.641. The topological polar surface area (TPSA) is 57.8 Å². The molecule has 23 heavy (non-hydrogen) atoms. The molecule has 3 rings (SSSR count). The van der Waals surface area contributed by atoms with Gasteiger partial charge in [0, 0.05) is 16.7 Å². The number of hydrogen-bond donors (Lipinski definition) is 1. The molecule has 0 unspecified atom stereocenters. The van der Waals surface area contributed by atoms with Crippen LogP contribution >= 0.6 is 11.6 Å². The molecule has 1 heterocycles. The van der Waals surface area contributed by atoms with Gasteiger partial charge < -0.3 is 9.88 Å². The molecule has 0 aliphatic rings. The molecule has 1 amide bonds. The Balaban J connectivity index is 1.79. The van der Waals surface area contributed by atoms with Gasteiger partial charge in [0.2, 0.25) is 5.91 Å². The molecular formula is C17H11ClFN3O. The van der Waals surface area contributed by atoms with Crippen LogP contribution in [0.5, 0.6) is 0 Å². The van der Waals surface area contributed by atoms with Crippen molar-refractivity contribution >= 4 is 34.1 Å². The van der Waals surface area contributed by atoms with Gasteiger partial charge in [0.1, 0.15) is 12.4 Å². The molecule has 1 aromatic heterocycles. The number of aromatic nitrogens is 1. The summed E-state index contributed by atoms with van der Waals surface area (Å²) in [4.78, 5) is 12.1. The van der Waals surface area contributed by atoms with Crippen molar-refractivity contribution in [2.24, 2.45) is 0 Å². The first-order valence-electron chi connectivity index (χ1n) is 6.81. The van der Waals surface area contributed by atoms with Gasteiger partial charge in [-0.2, -0.15) is 5.26 Å². The number of nitriles is 1. The molecule has 6 heteroatoms. The maximum atomic E-state index is 13.8. The molecule has 1 N–H and O–H groups in total. The molecule has 0 radical (unpaired) electrons. The summed E-state index contributed by atoms with van der Waals surface area (Å²) in [6.45, 7) is 0.0310. The van der Waals surface area contributed by atoms with Crippen LogP contribution in [0.25, 0.3) is 10.9 Å². The second kappa shape index (κ2) is 6.11. The Morgan fingerprint density at radius 3 is 2.83 bits per heavy atom. The highest BCUT2D eigenvalue weighted by Crippen LogP contribution is 2.21. The van der Waals surface area contributed by atoms with Crippen molar-refractivity contribution in [2.75, 3.05) is 5.32 Å². The van der Waals surface area contributed by atoms with E-state index in [0.29, 0.717) is 5.02 Å². The Hall–Kier alpha value is -2.84. The Bertz CT molecular complexity index is 943. The minimum absolute atomic E-state index is 0.0310. The number of nitrogens with zero attached hydrogens (tertiary/aromatic N) is 2. The molecule has 0 bridgehead atoms. The van der Waals surface area contributed by atoms with Gasteiger partial charge in [-0.1, -0.05) is 17.7 Å². The van der Waals surface area contributed by atoms with Gasteiger partial charge in [0.15, 0.2) is 0 Å². The van der Waals surface area contributed by atoms with Gasteiger partial charge in [-0.05, 0) is 41.8 Å². The quantitative estimate of drug-likeness (QED) is 0.792. The lowest BCUT2D eigenvalue weighted by Gasteiger charge is -2.08. The van der Waals surface area contributed by atoms with Crippen LogP contribution < -0.4 is 5.32 Å². The summed E-state index contributed by atoms with van der Waals surface area (Å²) in [5.74, 6) is -1.01.